The Labute approximate surface area is 90.2 Å². The first kappa shape index (κ1) is 9.92. The van der Waals surface area contributed by atoms with E-state index in [1.165, 1.54) is 11.3 Å². The minimum absolute atomic E-state index is 0.0355. The van der Waals surface area contributed by atoms with Crippen molar-refractivity contribution in [2.45, 2.75) is 13.3 Å². The summed E-state index contributed by atoms with van der Waals surface area (Å²) in [7, 11) is 0. The minimum Gasteiger partial charge on any atom is -0.481 e. The number of hydrogen-bond donors (Lipinski definition) is 1. The van der Waals surface area contributed by atoms with Gasteiger partial charge in [0.05, 0.1) is 12.7 Å². The van der Waals surface area contributed by atoms with Crippen molar-refractivity contribution in [3.8, 4) is 11.5 Å². The fourth-order valence-electron chi connectivity index (χ4n) is 1.30. The molecule has 0 saturated heterocycles. The van der Waals surface area contributed by atoms with Crippen molar-refractivity contribution in [2.24, 2.45) is 0 Å². The monoisotopic (exact) mass is 223 g/mol. The molecule has 0 spiro atoms. The molecule has 2 aromatic heterocycles. The van der Waals surface area contributed by atoms with Crippen LogP contribution < -0.4 is 0 Å². The van der Waals surface area contributed by atoms with Gasteiger partial charge < -0.3 is 9.52 Å². The predicted octanol–water partition coefficient (Wildman–Crippen LogP) is 2.34. The number of aryl methyl sites for hydroxylation is 1. The molecule has 5 heteroatoms. The van der Waals surface area contributed by atoms with E-state index in [9.17, 15) is 4.79 Å². The van der Waals surface area contributed by atoms with Gasteiger partial charge in [-0.3, -0.25) is 4.79 Å². The maximum atomic E-state index is 10.5. The van der Waals surface area contributed by atoms with Crippen LogP contribution in [-0.4, -0.2) is 16.1 Å². The van der Waals surface area contributed by atoms with Gasteiger partial charge in [-0.1, -0.05) is 0 Å². The van der Waals surface area contributed by atoms with Gasteiger partial charge in [0.25, 0.3) is 0 Å². The van der Waals surface area contributed by atoms with Crippen molar-refractivity contribution in [3.63, 3.8) is 0 Å². The molecule has 0 bridgehead atoms. The van der Waals surface area contributed by atoms with Crippen LogP contribution in [0.2, 0.25) is 0 Å². The number of rotatable bonds is 3. The zero-order valence-electron chi connectivity index (χ0n) is 8.06. The third-order valence-corrected chi connectivity index (χ3v) is 2.87. The lowest BCUT2D eigenvalue weighted by atomic mass is 10.3. The molecule has 0 radical (unpaired) electrons. The molecule has 2 aromatic rings. The molecule has 78 valence electrons. The summed E-state index contributed by atoms with van der Waals surface area (Å²) < 4.78 is 5.22. The molecule has 2 heterocycles. The van der Waals surface area contributed by atoms with E-state index in [0.717, 1.165) is 10.6 Å². The third kappa shape index (κ3) is 2.07. The smallest absolute Gasteiger partial charge is 0.310 e. The largest absolute Gasteiger partial charge is 0.481 e. The molecule has 0 aromatic carbocycles. The van der Waals surface area contributed by atoms with Gasteiger partial charge in [0.2, 0.25) is 0 Å². The first-order valence-electron chi connectivity index (χ1n) is 4.39. The first-order chi connectivity index (χ1) is 7.16. The molecule has 0 amide bonds. The fourth-order valence-corrected chi connectivity index (χ4v) is 2.23. The second kappa shape index (κ2) is 3.86. The highest BCUT2D eigenvalue weighted by atomic mass is 32.1. The summed E-state index contributed by atoms with van der Waals surface area (Å²) in [5.74, 6) is -0.185. The number of nitrogens with zero attached hydrogens (tertiary/aromatic N) is 1. The van der Waals surface area contributed by atoms with Crippen molar-refractivity contribution in [3.05, 3.63) is 28.3 Å². The summed E-state index contributed by atoms with van der Waals surface area (Å²) >= 11 is 1.39. The number of aliphatic carboxylic acids is 1. The minimum atomic E-state index is -0.866. The third-order valence-electron chi connectivity index (χ3n) is 1.90. The lowest BCUT2D eigenvalue weighted by Gasteiger charge is -1.90. The van der Waals surface area contributed by atoms with Crippen LogP contribution in [0.15, 0.2) is 22.8 Å². The summed E-state index contributed by atoms with van der Waals surface area (Å²) in [4.78, 5) is 15.7. The average Bonchev–Trinajstić information content (AvgIpc) is 2.72. The molecule has 0 aliphatic rings. The van der Waals surface area contributed by atoms with Crippen LogP contribution in [0.4, 0.5) is 0 Å². The Hall–Kier alpha value is -1.62. The number of aromatic nitrogens is 1. The van der Waals surface area contributed by atoms with Gasteiger partial charge in [-0.25, -0.2) is 4.98 Å². The van der Waals surface area contributed by atoms with E-state index in [1.54, 1.807) is 12.3 Å². The van der Waals surface area contributed by atoms with Gasteiger partial charge in [0.1, 0.15) is 10.7 Å². The van der Waals surface area contributed by atoms with Gasteiger partial charge in [-0.15, -0.1) is 11.3 Å². The Balaban J connectivity index is 2.34. The second-order valence-corrected chi connectivity index (χ2v) is 4.35. The summed E-state index contributed by atoms with van der Waals surface area (Å²) in [6.07, 6.45) is 1.54. The predicted molar refractivity (Wildman–Crippen MR) is 55.9 cm³/mol. The van der Waals surface area contributed by atoms with Crippen LogP contribution in [0.3, 0.4) is 0 Å². The number of carboxylic acid groups (broad SMARTS) is 1. The van der Waals surface area contributed by atoms with Crippen LogP contribution >= 0.6 is 11.3 Å². The number of hydrogen-bond acceptors (Lipinski definition) is 4. The Kier molecular flexibility index (Phi) is 2.55. The molecule has 2 rings (SSSR count). The van der Waals surface area contributed by atoms with E-state index in [0.29, 0.717) is 10.8 Å². The highest BCUT2D eigenvalue weighted by Crippen LogP contribution is 2.27. The van der Waals surface area contributed by atoms with Crippen molar-refractivity contribution >= 4 is 17.3 Å². The van der Waals surface area contributed by atoms with E-state index < -0.39 is 5.97 Å². The summed E-state index contributed by atoms with van der Waals surface area (Å²) in [6, 6.07) is 3.59. The molecule has 0 atom stereocenters. The lowest BCUT2D eigenvalue weighted by Crippen LogP contribution is -1.98. The van der Waals surface area contributed by atoms with Gasteiger partial charge in [0.15, 0.2) is 5.76 Å². The van der Waals surface area contributed by atoms with Gasteiger partial charge >= 0.3 is 5.97 Å². The Morgan fingerprint density at radius 2 is 2.47 bits per heavy atom. The van der Waals surface area contributed by atoms with Crippen molar-refractivity contribution in [2.75, 3.05) is 0 Å². The van der Waals surface area contributed by atoms with Crippen LogP contribution in [0.25, 0.3) is 11.5 Å². The van der Waals surface area contributed by atoms with Crippen LogP contribution in [0.5, 0.6) is 0 Å². The highest BCUT2D eigenvalue weighted by molar-refractivity contribution is 7.12. The van der Waals surface area contributed by atoms with Gasteiger partial charge in [-0.2, -0.15) is 0 Å². The molecule has 15 heavy (non-hydrogen) atoms. The number of furan rings is 1. The van der Waals surface area contributed by atoms with E-state index >= 15 is 0 Å². The van der Waals surface area contributed by atoms with Crippen LogP contribution in [-0.2, 0) is 11.2 Å². The topological polar surface area (TPSA) is 63.3 Å². The molecule has 4 nitrogen and oxygen atoms in total. The summed E-state index contributed by atoms with van der Waals surface area (Å²) in [6.45, 7) is 1.90. The fraction of sp³-hybridized carbons (Fsp3) is 0.200. The van der Waals surface area contributed by atoms with Crippen LogP contribution in [0.1, 0.15) is 9.88 Å². The molecular weight excluding hydrogens is 214 g/mol. The zero-order valence-corrected chi connectivity index (χ0v) is 8.87. The normalized spacial score (nSPS) is 10.5. The maximum Gasteiger partial charge on any atom is 0.310 e. The number of thiazole rings is 1. The highest BCUT2D eigenvalue weighted by Gasteiger charge is 2.13. The van der Waals surface area contributed by atoms with Crippen molar-refractivity contribution in [1.29, 1.82) is 0 Å². The quantitative estimate of drug-likeness (QED) is 0.867. The SMILES string of the molecule is Cc1sc(CC(=O)O)nc1-c1ccco1. The Bertz CT molecular complexity index is 473. The maximum absolute atomic E-state index is 10.5. The lowest BCUT2D eigenvalue weighted by molar-refractivity contribution is -0.136. The molecular formula is C10H9NO3S. The summed E-state index contributed by atoms with van der Waals surface area (Å²) in [5, 5.41) is 9.24. The molecule has 0 fully saturated rings. The standard InChI is InChI=1S/C10H9NO3S/c1-6-10(7-3-2-4-14-7)11-8(15-6)5-9(12)13/h2-4H,5H2,1H3,(H,12,13). The van der Waals surface area contributed by atoms with Crippen molar-refractivity contribution < 1.29 is 14.3 Å². The summed E-state index contributed by atoms with van der Waals surface area (Å²) in [5.41, 5.74) is 0.737. The molecule has 0 unspecified atom stereocenters. The van der Waals surface area contributed by atoms with E-state index in [-0.39, 0.29) is 6.42 Å². The zero-order chi connectivity index (χ0) is 10.8. The number of carboxylic acids is 1. The van der Waals surface area contributed by atoms with Gasteiger partial charge in [-0.05, 0) is 19.1 Å². The molecule has 0 saturated carbocycles. The van der Waals surface area contributed by atoms with Crippen molar-refractivity contribution in [1.82, 2.24) is 4.98 Å². The van der Waals surface area contributed by atoms with E-state index in [4.69, 9.17) is 9.52 Å². The molecule has 0 aliphatic carbocycles. The number of carbonyl (C=O) groups is 1. The molecule has 0 aliphatic heterocycles. The Morgan fingerprint density at radius 3 is 3.07 bits per heavy atom. The first-order valence-corrected chi connectivity index (χ1v) is 5.20. The van der Waals surface area contributed by atoms with Gasteiger partial charge in [0, 0.05) is 4.88 Å². The van der Waals surface area contributed by atoms with E-state index in [2.05, 4.69) is 4.98 Å². The van der Waals surface area contributed by atoms with Crippen LogP contribution in [0, 0.1) is 6.92 Å². The second-order valence-electron chi connectivity index (χ2n) is 3.06. The molecule has 1 N–H and O–H groups in total. The average molecular weight is 223 g/mol. The Morgan fingerprint density at radius 1 is 1.67 bits per heavy atom. The van der Waals surface area contributed by atoms with E-state index in [1.807, 2.05) is 13.0 Å².